The average molecular weight is 412 g/mol. The quantitative estimate of drug-likeness (QED) is 0.593. The molecule has 1 aromatic carbocycles. The highest BCUT2D eigenvalue weighted by Crippen LogP contribution is 2.10. The molecule has 0 radical (unpaired) electrons. The second-order valence-corrected chi connectivity index (χ2v) is 7.22. The molecule has 1 unspecified atom stereocenters. The smallest absolute Gasteiger partial charge is 0.320 e. The maximum Gasteiger partial charge on any atom is 0.320 e. The molecule has 2 N–H and O–H groups in total. The van der Waals surface area contributed by atoms with Crippen LogP contribution in [0.25, 0.3) is 0 Å². The number of aliphatic carboxylic acids is 1. The molecule has 1 atom stereocenters. The number of rotatable bonds is 8. The SMILES string of the molecule is CC.CC(=O)COc1ccc(C=O)cc1.CC(C)C.CNC(CC(C)C)C(=O)O. The van der Waals surface area contributed by atoms with Crippen molar-refractivity contribution in [1.82, 2.24) is 5.32 Å². The van der Waals surface area contributed by atoms with Gasteiger partial charge in [-0.15, -0.1) is 0 Å². The van der Waals surface area contributed by atoms with Gasteiger partial charge in [-0.2, -0.15) is 0 Å². The third-order valence-electron chi connectivity index (χ3n) is 2.81. The zero-order valence-corrected chi connectivity index (χ0v) is 19.6. The van der Waals surface area contributed by atoms with Gasteiger partial charge in [0, 0.05) is 5.56 Å². The van der Waals surface area contributed by atoms with Gasteiger partial charge in [0.15, 0.2) is 5.78 Å². The first-order valence-corrected chi connectivity index (χ1v) is 10.1. The Hall–Kier alpha value is -2.21. The fourth-order valence-electron chi connectivity index (χ4n) is 1.64. The molecule has 0 aliphatic heterocycles. The molecule has 1 rings (SSSR count). The zero-order valence-electron chi connectivity index (χ0n) is 19.6. The normalized spacial score (nSPS) is 10.3. The first kappa shape index (κ1) is 31.5. The van der Waals surface area contributed by atoms with E-state index >= 15 is 0 Å². The van der Waals surface area contributed by atoms with E-state index in [2.05, 4.69) is 26.1 Å². The highest BCUT2D eigenvalue weighted by atomic mass is 16.5. The van der Waals surface area contributed by atoms with E-state index in [9.17, 15) is 14.4 Å². The van der Waals surface area contributed by atoms with E-state index in [4.69, 9.17) is 9.84 Å². The van der Waals surface area contributed by atoms with Crippen molar-refractivity contribution in [3.8, 4) is 5.75 Å². The molecule has 0 spiro atoms. The molecular weight excluding hydrogens is 370 g/mol. The molecule has 0 heterocycles. The molecule has 6 heteroatoms. The highest BCUT2D eigenvalue weighted by Gasteiger charge is 2.15. The Kier molecular flexibility index (Phi) is 22.3. The molecular formula is C23H41NO5. The number of nitrogens with one attached hydrogen (secondary N) is 1. The number of benzene rings is 1. The van der Waals surface area contributed by atoms with Gasteiger partial charge < -0.3 is 15.2 Å². The summed E-state index contributed by atoms with van der Waals surface area (Å²) in [5, 5.41) is 11.3. The van der Waals surface area contributed by atoms with Crippen molar-refractivity contribution < 1.29 is 24.2 Å². The lowest BCUT2D eigenvalue weighted by molar-refractivity contribution is -0.139. The van der Waals surface area contributed by atoms with Gasteiger partial charge in [0.1, 0.15) is 24.7 Å². The average Bonchev–Trinajstić information content (AvgIpc) is 2.66. The molecule has 0 aromatic heterocycles. The standard InChI is InChI=1S/C10H10O3.C7H15NO2.C4H10.C2H6/c1-8(12)7-13-10-4-2-9(6-11)3-5-10;1-5(2)4-6(8-3)7(9)10;1-4(2)3;1-2/h2-6H,7H2,1H3;5-6,8H,4H2,1-3H3,(H,9,10);4H,1-3H3;1-2H3. The fourth-order valence-corrected chi connectivity index (χ4v) is 1.64. The number of aldehydes is 1. The summed E-state index contributed by atoms with van der Waals surface area (Å²) in [7, 11) is 1.67. The number of likely N-dealkylation sites (N-methyl/N-ethyl adjacent to an activating group) is 1. The lowest BCUT2D eigenvalue weighted by Gasteiger charge is -2.12. The summed E-state index contributed by atoms with van der Waals surface area (Å²) in [6.07, 6.45) is 1.45. The van der Waals surface area contributed by atoms with Crippen molar-refractivity contribution in [3.05, 3.63) is 29.8 Å². The summed E-state index contributed by atoms with van der Waals surface area (Å²) in [6, 6.07) is 6.21. The number of hydrogen-bond acceptors (Lipinski definition) is 5. The van der Waals surface area contributed by atoms with Crippen LogP contribution >= 0.6 is 0 Å². The van der Waals surface area contributed by atoms with Crippen molar-refractivity contribution in [3.63, 3.8) is 0 Å². The maximum atomic E-state index is 10.6. The van der Waals surface area contributed by atoms with Crippen LogP contribution in [0.3, 0.4) is 0 Å². The molecule has 29 heavy (non-hydrogen) atoms. The number of carboxylic acid groups (broad SMARTS) is 1. The molecule has 0 aliphatic carbocycles. The summed E-state index contributed by atoms with van der Waals surface area (Å²) < 4.78 is 5.10. The Morgan fingerprint density at radius 2 is 1.52 bits per heavy atom. The Bertz CT molecular complexity index is 536. The first-order valence-electron chi connectivity index (χ1n) is 10.1. The Morgan fingerprint density at radius 3 is 1.76 bits per heavy atom. The molecule has 168 valence electrons. The topological polar surface area (TPSA) is 92.7 Å². The lowest BCUT2D eigenvalue weighted by atomic mass is 10.0. The highest BCUT2D eigenvalue weighted by molar-refractivity contribution is 5.77. The molecule has 6 nitrogen and oxygen atoms in total. The van der Waals surface area contributed by atoms with Crippen LogP contribution in [0.1, 0.15) is 72.2 Å². The molecule has 0 bridgehead atoms. The second-order valence-electron chi connectivity index (χ2n) is 7.22. The maximum absolute atomic E-state index is 10.6. The van der Waals surface area contributed by atoms with Crippen LogP contribution in [0.4, 0.5) is 0 Å². The van der Waals surface area contributed by atoms with Gasteiger partial charge in [0.25, 0.3) is 0 Å². The fraction of sp³-hybridized carbons (Fsp3) is 0.609. The Labute approximate surface area is 177 Å². The van der Waals surface area contributed by atoms with Crippen molar-refractivity contribution in [2.24, 2.45) is 11.8 Å². The molecule has 0 saturated carbocycles. The third kappa shape index (κ3) is 23.8. The molecule has 0 amide bonds. The van der Waals surface area contributed by atoms with E-state index in [0.717, 1.165) is 12.2 Å². The van der Waals surface area contributed by atoms with E-state index in [1.807, 2.05) is 27.7 Å². The van der Waals surface area contributed by atoms with Crippen LogP contribution in [0.2, 0.25) is 0 Å². The largest absolute Gasteiger partial charge is 0.486 e. The monoisotopic (exact) mass is 411 g/mol. The van der Waals surface area contributed by atoms with Gasteiger partial charge in [-0.25, -0.2) is 0 Å². The summed E-state index contributed by atoms with van der Waals surface area (Å²) in [4.78, 5) is 31.3. The van der Waals surface area contributed by atoms with Gasteiger partial charge in [0.2, 0.25) is 0 Å². The summed E-state index contributed by atoms with van der Waals surface area (Å²) in [5.41, 5.74) is 0.593. The van der Waals surface area contributed by atoms with Crippen LogP contribution in [-0.2, 0) is 9.59 Å². The van der Waals surface area contributed by atoms with E-state index in [0.29, 0.717) is 23.7 Å². The van der Waals surface area contributed by atoms with Gasteiger partial charge >= 0.3 is 5.97 Å². The van der Waals surface area contributed by atoms with Crippen molar-refractivity contribution in [2.45, 2.75) is 67.9 Å². The van der Waals surface area contributed by atoms with Gasteiger partial charge in [0.05, 0.1) is 0 Å². The van der Waals surface area contributed by atoms with E-state index in [1.165, 1.54) is 6.92 Å². The number of carbonyl (C=O) groups excluding carboxylic acids is 2. The number of ether oxygens (including phenoxy) is 1. The first-order chi connectivity index (χ1) is 13.5. The van der Waals surface area contributed by atoms with E-state index in [-0.39, 0.29) is 18.4 Å². The predicted octanol–water partition coefficient (Wildman–Crippen LogP) is 4.86. The van der Waals surface area contributed by atoms with Crippen LogP contribution in [0, 0.1) is 11.8 Å². The van der Waals surface area contributed by atoms with E-state index in [1.54, 1.807) is 31.3 Å². The van der Waals surface area contributed by atoms with Crippen molar-refractivity contribution in [2.75, 3.05) is 13.7 Å². The van der Waals surface area contributed by atoms with Crippen LogP contribution in [0.15, 0.2) is 24.3 Å². The molecule has 0 fully saturated rings. The molecule has 0 aliphatic rings. The number of hydrogen-bond donors (Lipinski definition) is 2. The Morgan fingerprint density at radius 1 is 1.07 bits per heavy atom. The van der Waals surface area contributed by atoms with Crippen molar-refractivity contribution >= 4 is 18.0 Å². The minimum atomic E-state index is -0.767. The number of carboxylic acids is 1. The minimum absolute atomic E-state index is 0.0283. The zero-order chi connectivity index (χ0) is 23.4. The molecule has 1 aromatic rings. The summed E-state index contributed by atoms with van der Waals surface area (Å²) in [5.74, 6) is 1.06. The third-order valence-corrected chi connectivity index (χ3v) is 2.81. The van der Waals surface area contributed by atoms with Crippen LogP contribution in [-0.4, -0.2) is 42.8 Å². The summed E-state index contributed by atoms with van der Waals surface area (Å²) >= 11 is 0. The van der Waals surface area contributed by atoms with Gasteiger partial charge in [-0.05, 0) is 56.5 Å². The van der Waals surface area contributed by atoms with Crippen LogP contribution in [0.5, 0.6) is 5.75 Å². The number of ketones is 1. The number of carbonyl (C=O) groups is 3. The van der Waals surface area contributed by atoms with Gasteiger partial charge in [-0.1, -0.05) is 48.5 Å². The predicted molar refractivity (Wildman–Crippen MR) is 120 cm³/mol. The minimum Gasteiger partial charge on any atom is -0.486 e. The Balaban J connectivity index is -0.000000375. The number of Topliss-reactive ketones (excluding diaryl/α,β-unsaturated/α-hetero) is 1. The van der Waals surface area contributed by atoms with Crippen molar-refractivity contribution in [1.29, 1.82) is 0 Å². The second kappa shape index (κ2) is 20.5. The summed E-state index contributed by atoms with van der Waals surface area (Å²) in [6.45, 7) is 16.0. The van der Waals surface area contributed by atoms with Gasteiger partial charge in [-0.3, -0.25) is 14.4 Å². The van der Waals surface area contributed by atoms with Crippen LogP contribution < -0.4 is 10.1 Å². The molecule has 0 saturated heterocycles. The lowest BCUT2D eigenvalue weighted by Crippen LogP contribution is -2.34. The van der Waals surface area contributed by atoms with E-state index < -0.39 is 5.97 Å².